The Bertz CT molecular complexity index is 293. The lowest BCUT2D eigenvalue weighted by molar-refractivity contribution is 0.0605. The van der Waals surface area contributed by atoms with E-state index in [4.69, 9.17) is 0 Å². The lowest BCUT2D eigenvalue weighted by atomic mass is 9.89. The van der Waals surface area contributed by atoms with Crippen molar-refractivity contribution in [3.05, 3.63) is 0 Å². The van der Waals surface area contributed by atoms with Crippen LogP contribution in [0.4, 0.5) is 0 Å². The second kappa shape index (κ2) is 4.79. The number of hydrogen-bond acceptors (Lipinski definition) is 2. The molecule has 0 aromatic heterocycles. The van der Waals surface area contributed by atoms with Crippen molar-refractivity contribution in [3.63, 3.8) is 0 Å². The van der Waals surface area contributed by atoms with Gasteiger partial charge >= 0.3 is 0 Å². The van der Waals surface area contributed by atoms with E-state index < -0.39 is 0 Å². The van der Waals surface area contributed by atoms with Gasteiger partial charge in [0.05, 0.1) is 0 Å². The van der Waals surface area contributed by atoms with Gasteiger partial charge in [-0.1, -0.05) is 13.8 Å². The Morgan fingerprint density at radius 2 is 1.94 bits per heavy atom. The Hall–Kier alpha value is -0.0800. The summed E-state index contributed by atoms with van der Waals surface area (Å²) in [5, 5.41) is 3.90. The molecule has 2 atom stereocenters. The highest BCUT2D eigenvalue weighted by atomic mass is 15.3. The molecule has 2 unspecified atom stereocenters. The lowest BCUT2D eigenvalue weighted by Crippen LogP contribution is -2.64. The van der Waals surface area contributed by atoms with Crippen molar-refractivity contribution in [1.82, 2.24) is 10.2 Å². The maximum atomic E-state index is 3.90. The van der Waals surface area contributed by atoms with Crippen molar-refractivity contribution in [3.8, 4) is 0 Å². The van der Waals surface area contributed by atoms with Gasteiger partial charge in [0, 0.05) is 24.7 Å². The second-order valence-electron chi connectivity index (χ2n) is 7.63. The number of hydrogen-bond donors (Lipinski definition) is 1. The molecule has 2 saturated carbocycles. The molecule has 1 N–H and O–H groups in total. The Morgan fingerprint density at radius 1 is 1.22 bits per heavy atom. The van der Waals surface area contributed by atoms with Crippen LogP contribution in [0.2, 0.25) is 0 Å². The highest BCUT2D eigenvalue weighted by molar-refractivity contribution is 5.06. The highest BCUT2D eigenvalue weighted by Crippen LogP contribution is 2.44. The summed E-state index contributed by atoms with van der Waals surface area (Å²) in [6.07, 6.45) is 7.23. The van der Waals surface area contributed by atoms with Crippen molar-refractivity contribution in [2.24, 2.45) is 17.8 Å². The standard InChI is InChI=1S/C16H30N2/c1-12(2)8-9-18-11-16(3,14-6-7-14)17-10-15(18)13-4-5-13/h12-15,17H,4-11H2,1-3H3. The molecule has 2 heteroatoms. The van der Waals surface area contributed by atoms with E-state index in [1.54, 1.807) is 0 Å². The van der Waals surface area contributed by atoms with Crippen LogP contribution in [0, 0.1) is 17.8 Å². The number of nitrogens with one attached hydrogen (secondary N) is 1. The molecular weight excluding hydrogens is 220 g/mol. The first-order valence-electron chi connectivity index (χ1n) is 8.07. The summed E-state index contributed by atoms with van der Waals surface area (Å²) in [4.78, 5) is 2.84. The van der Waals surface area contributed by atoms with Gasteiger partial charge in [-0.3, -0.25) is 4.90 Å². The van der Waals surface area contributed by atoms with Crippen molar-refractivity contribution in [2.45, 2.75) is 64.5 Å². The van der Waals surface area contributed by atoms with E-state index in [9.17, 15) is 0 Å². The average molecular weight is 250 g/mol. The Morgan fingerprint density at radius 3 is 2.50 bits per heavy atom. The monoisotopic (exact) mass is 250 g/mol. The number of piperazine rings is 1. The summed E-state index contributed by atoms with van der Waals surface area (Å²) in [6, 6.07) is 0.843. The van der Waals surface area contributed by atoms with Gasteiger partial charge in [-0.15, -0.1) is 0 Å². The fourth-order valence-electron chi connectivity index (χ4n) is 3.67. The molecule has 2 aliphatic carbocycles. The van der Waals surface area contributed by atoms with Crippen LogP contribution in [0.25, 0.3) is 0 Å². The molecule has 1 heterocycles. The van der Waals surface area contributed by atoms with Crippen molar-refractivity contribution in [1.29, 1.82) is 0 Å². The van der Waals surface area contributed by atoms with Crippen LogP contribution in [0.1, 0.15) is 52.9 Å². The molecule has 0 aromatic rings. The molecule has 3 aliphatic rings. The van der Waals surface area contributed by atoms with Gasteiger partial charge in [-0.25, -0.2) is 0 Å². The lowest BCUT2D eigenvalue weighted by Gasteiger charge is -2.47. The summed E-state index contributed by atoms with van der Waals surface area (Å²) in [5.41, 5.74) is 0.419. The van der Waals surface area contributed by atoms with E-state index in [-0.39, 0.29) is 0 Å². The Labute approximate surface area is 113 Å². The zero-order valence-electron chi connectivity index (χ0n) is 12.4. The van der Waals surface area contributed by atoms with Crippen LogP contribution < -0.4 is 5.32 Å². The van der Waals surface area contributed by atoms with Crippen LogP contribution in [-0.4, -0.2) is 36.1 Å². The smallest absolute Gasteiger partial charge is 0.0309 e. The van der Waals surface area contributed by atoms with E-state index in [0.29, 0.717) is 5.54 Å². The summed E-state index contributed by atoms with van der Waals surface area (Å²) < 4.78 is 0. The van der Waals surface area contributed by atoms with Gasteiger partial charge in [-0.05, 0) is 63.3 Å². The zero-order chi connectivity index (χ0) is 12.8. The minimum absolute atomic E-state index is 0.419. The Balaban J connectivity index is 1.63. The molecule has 0 bridgehead atoms. The third-order valence-electron chi connectivity index (χ3n) is 5.35. The van der Waals surface area contributed by atoms with E-state index in [0.717, 1.165) is 23.8 Å². The van der Waals surface area contributed by atoms with Crippen molar-refractivity contribution < 1.29 is 0 Å². The minimum atomic E-state index is 0.419. The van der Waals surface area contributed by atoms with Crippen LogP contribution in [-0.2, 0) is 0 Å². The average Bonchev–Trinajstić information content (AvgIpc) is 3.17. The quantitative estimate of drug-likeness (QED) is 0.807. The van der Waals surface area contributed by atoms with E-state index in [2.05, 4.69) is 31.0 Å². The van der Waals surface area contributed by atoms with Gasteiger partial charge in [-0.2, -0.15) is 0 Å². The maximum absolute atomic E-state index is 3.90. The molecule has 2 nitrogen and oxygen atoms in total. The van der Waals surface area contributed by atoms with Crippen LogP contribution in [0.15, 0.2) is 0 Å². The molecule has 3 fully saturated rings. The van der Waals surface area contributed by atoms with E-state index in [1.807, 2.05) is 0 Å². The molecule has 1 aliphatic heterocycles. The first kappa shape index (κ1) is 12.9. The molecule has 0 spiro atoms. The predicted octanol–water partition coefficient (Wildman–Crippen LogP) is 2.89. The normalized spacial score (nSPS) is 38.3. The summed E-state index contributed by atoms with van der Waals surface area (Å²) in [7, 11) is 0. The third kappa shape index (κ3) is 2.75. The highest BCUT2D eigenvalue weighted by Gasteiger charge is 2.48. The van der Waals surface area contributed by atoms with E-state index >= 15 is 0 Å². The van der Waals surface area contributed by atoms with Gasteiger partial charge in [0.25, 0.3) is 0 Å². The fraction of sp³-hybridized carbons (Fsp3) is 1.00. The van der Waals surface area contributed by atoms with Gasteiger partial charge < -0.3 is 5.32 Å². The van der Waals surface area contributed by atoms with Gasteiger partial charge in [0.2, 0.25) is 0 Å². The zero-order valence-corrected chi connectivity index (χ0v) is 12.4. The first-order valence-corrected chi connectivity index (χ1v) is 8.07. The fourth-order valence-corrected chi connectivity index (χ4v) is 3.67. The molecule has 0 radical (unpaired) electrons. The first-order chi connectivity index (χ1) is 8.58. The SMILES string of the molecule is CC(C)CCN1CC(C)(C2CC2)NCC1C1CC1. The maximum Gasteiger partial charge on any atom is 0.0309 e. The van der Waals surface area contributed by atoms with Crippen LogP contribution >= 0.6 is 0 Å². The second-order valence-corrected chi connectivity index (χ2v) is 7.63. The molecule has 1 saturated heterocycles. The summed E-state index contributed by atoms with van der Waals surface area (Å²) in [5.74, 6) is 2.81. The summed E-state index contributed by atoms with van der Waals surface area (Å²) >= 11 is 0. The van der Waals surface area contributed by atoms with Crippen molar-refractivity contribution in [2.75, 3.05) is 19.6 Å². The molecular formula is C16H30N2. The van der Waals surface area contributed by atoms with Crippen LogP contribution in [0.3, 0.4) is 0 Å². The molecule has 0 amide bonds. The summed E-state index contributed by atoms with van der Waals surface area (Å²) in [6.45, 7) is 11.0. The number of rotatable bonds is 5. The van der Waals surface area contributed by atoms with Gasteiger partial charge in [0.1, 0.15) is 0 Å². The van der Waals surface area contributed by atoms with Crippen LogP contribution in [0.5, 0.6) is 0 Å². The van der Waals surface area contributed by atoms with Crippen molar-refractivity contribution >= 4 is 0 Å². The largest absolute Gasteiger partial charge is 0.308 e. The minimum Gasteiger partial charge on any atom is -0.308 e. The molecule has 104 valence electrons. The molecule has 18 heavy (non-hydrogen) atoms. The Kier molecular flexibility index (Phi) is 3.44. The predicted molar refractivity (Wildman–Crippen MR) is 76.7 cm³/mol. The van der Waals surface area contributed by atoms with Gasteiger partial charge in [0.15, 0.2) is 0 Å². The van der Waals surface area contributed by atoms with E-state index in [1.165, 1.54) is 51.7 Å². The topological polar surface area (TPSA) is 15.3 Å². The third-order valence-corrected chi connectivity index (χ3v) is 5.35. The number of nitrogens with zero attached hydrogens (tertiary/aromatic N) is 1. The molecule has 3 rings (SSSR count). The molecule has 0 aromatic carbocycles.